The third kappa shape index (κ3) is 11.8. The summed E-state index contributed by atoms with van der Waals surface area (Å²) in [7, 11) is -4.22. The third-order valence-corrected chi connectivity index (χ3v) is 17.0. The molecule has 7 rings (SSSR count). The molecule has 0 saturated carbocycles. The van der Waals surface area contributed by atoms with Crippen LogP contribution >= 0.6 is 0 Å². The number of esters is 2. The van der Waals surface area contributed by atoms with E-state index in [4.69, 9.17) is 10.5 Å². The molecule has 0 saturated heterocycles. The Labute approximate surface area is 402 Å². The number of rotatable bonds is 4. The van der Waals surface area contributed by atoms with Crippen molar-refractivity contribution >= 4 is 49.4 Å². The maximum Gasteiger partial charge on any atom is 0.336 e. The lowest BCUT2D eigenvalue weighted by atomic mass is 9.77. The first kappa shape index (κ1) is 54.5. The monoisotopic (exact) mass is 966 g/mol. The van der Waals surface area contributed by atoms with E-state index < -0.39 is 37.5 Å². The van der Waals surface area contributed by atoms with Gasteiger partial charge in [0.2, 0.25) is 0 Å². The molecule has 0 aliphatic carbocycles. The Hall–Kier alpha value is -6.12. The number of aldehydes is 1. The Morgan fingerprint density at radius 1 is 0.662 bits per heavy atom. The highest BCUT2D eigenvalue weighted by molar-refractivity contribution is 7.95. The summed E-state index contributed by atoms with van der Waals surface area (Å²) in [5.74, 6) is -2.21. The Balaban J connectivity index is 0.000000236. The number of methoxy groups -OCH3 is 2. The van der Waals surface area contributed by atoms with E-state index in [0.717, 1.165) is 67.5 Å². The second-order valence-electron chi connectivity index (χ2n) is 17.6. The van der Waals surface area contributed by atoms with Crippen LogP contribution in [0.1, 0.15) is 118 Å². The number of benzene rings is 4. The van der Waals surface area contributed by atoms with Gasteiger partial charge >= 0.3 is 11.9 Å². The average molecular weight is 967 g/mol. The van der Waals surface area contributed by atoms with Crippen molar-refractivity contribution in [3.8, 4) is 0 Å². The zero-order valence-electron chi connectivity index (χ0n) is 41.9. The average Bonchev–Trinajstić information content (AvgIpc) is 3.49. The van der Waals surface area contributed by atoms with Crippen molar-refractivity contribution in [3.05, 3.63) is 165 Å². The van der Waals surface area contributed by atoms with Gasteiger partial charge in [-0.2, -0.15) is 0 Å². The minimum absolute atomic E-state index is 0.00352. The van der Waals surface area contributed by atoms with E-state index in [0.29, 0.717) is 41.1 Å². The number of carbonyl (C=O) groups excluding carboxylic acids is 4. The number of Topliss-reactive ketones (excluding diaryl/α,β-unsaturated/α-hetero) is 1. The van der Waals surface area contributed by atoms with Gasteiger partial charge in [-0.1, -0.05) is 48.5 Å². The number of nitrogens with two attached hydrogens (primary N) is 1. The molecule has 12 nitrogen and oxygen atoms in total. The Morgan fingerprint density at radius 3 is 1.59 bits per heavy atom. The van der Waals surface area contributed by atoms with Crippen LogP contribution < -0.4 is 11.1 Å². The SMILES string of the molecule is COC(=O)/C=C(\C)N.COC(=O)C1=C(C)NC2=C(C1c1c(C)c(C)c(C)c(C)c1C)S(=O)(=O)CCc1ccccc12.Cc1c(C)c(C)c(C=O)c(C)c1C.O=C1CS(=O)(=O)CCc2ccccc21. The molecule has 14 heteroatoms. The van der Waals surface area contributed by atoms with E-state index in [1.165, 1.54) is 42.5 Å². The lowest BCUT2D eigenvalue weighted by Crippen LogP contribution is -2.33. The van der Waals surface area contributed by atoms with Crippen LogP contribution in [0.2, 0.25) is 0 Å². The molecule has 4 aromatic rings. The number of dihydropyridines is 1. The molecule has 0 amide bonds. The third-order valence-electron chi connectivity index (χ3n) is 13.6. The van der Waals surface area contributed by atoms with Crippen molar-refractivity contribution < 1.29 is 45.5 Å². The molecule has 0 radical (unpaired) electrons. The number of ketones is 1. The van der Waals surface area contributed by atoms with E-state index in [2.05, 4.69) is 51.6 Å². The highest BCUT2D eigenvalue weighted by Crippen LogP contribution is 2.48. The van der Waals surface area contributed by atoms with E-state index in [1.807, 2.05) is 71.0 Å². The van der Waals surface area contributed by atoms with E-state index in [-0.39, 0.29) is 27.9 Å². The van der Waals surface area contributed by atoms with Gasteiger partial charge in [0.25, 0.3) is 0 Å². The summed E-state index contributed by atoms with van der Waals surface area (Å²) in [5, 5.41) is 3.29. The fourth-order valence-corrected chi connectivity index (χ4v) is 11.9. The molecule has 68 heavy (non-hydrogen) atoms. The summed E-state index contributed by atoms with van der Waals surface area (Å²) < 4.78 is 59.8. The van der Waals surface area contributed by atoms with E-state index in [1.54, 1.807) is 19.1 Å². The highest BCUT2D eigenvalue weighted by Gasteiger charge is 2.44. The second kappa shape index (κ2) is 22.3. The topological polar surface area (TPSA) is 193 Å². The van der Waals surface area contributed by atoms with Crippen molar-refractivity contribution in [2.75, 3.05) is 31.5 Å². The number of aryl methyl sites for hydroxylation is 2. The molecular formula is C54H66N2O10S2. The first-order valence-electron chi connectivity index (χ1n) is 22.3. The van der Waals surface area contributed by atoms with Crippen molar-refractivity contribution in [3.63, 3.8) is 0 Å². The minimum Gasteiger partial charge on any atom is -0.466 e. The first-order valence-corrected chi connectivity index (χ1v) is 25.8. The van der Waals surface area contributed by atoms with Crippen LogP contribution in [-0.2, 0) is 51.6 Å². The van der Waals surface area contributed by atoms with E-state index >= 15 is 0 Å². The molecular weight excluding hydrogens is 901 g/mol. The molecule has 0 spiro atoms. The first-order chi connectivity index (χ1) is 31.8. The summed E-state index contributed by atoms with van der Waals surface area (Å²) in [4.78, 5) is 46.0. The van der Waals surface area contributed by atoms with Crippen LogP contribution in [0.25, 0.3) is 5.70 Å². The summed E-state index contributed by atoms with van der Waals surface area (Å²) in [6.07, 6.45) is 3.06. The number of fused-ring (bicyclic) bond motifs is 3. The number of ether oxygens (including phenoxy) is 2. The van der Waals surface area contributed by atoms with Gasteiger partial charge in [-0.25, -0.2) is 26.4 Å². The predicted molar refractivity (Wildman–Crippen MR) is 270 cm³/mol. The van der Waals surface area contributed by atoms with Gasteiger partial charge in [0.05, 0.1) is 47.8 Å². The maximum absolute atomic E-state index is 13.8. The van der Waals surface area contributed by atoms with Crippen molar-refractivity contribution in [1.82, 2.24) is 5.32 Å². The number of hydrogen-bond donors (Lipinski definition) is 2. The maximum atomic E-state index is 13.8. The molecule has 0 aromatic heterocycles. The van der Waals surface area contributed by atoms with Crippen LogP contribution in [0.15, 0.2) is 76.5 Å². The van der Waals surface area contributed by atoms with Crippen LogP contribution in [0, 0.1) is 69.2 Å². The zero-order chi connectivity index (χ0) is 51.2. The fraction of sp³-hybridized carbons (Fsp3) is 0.370. The molecule has 1 unspecified atom stereocenters. The summed E-state index contributed by atoms with van der Waals surface area (Å²) in [6.45, 7) is 24.0. The van der Waals surface area contributed by atoms with Crippen molar-refractivity contribution in [2.24, 2.45) is 5.73 Å². The quantitative estimate of drug-likeness (QED) is 0.113. The second-order valence-corrected chi connectivity index (χ2v) is 21.8. The fourth-order valence-electron chi connectivity index (χ4n) is 8.87. The normalized spacial score (nSPS) is 16.8. The summed E-state index contributed by atoms with van der Waals surface area (Å²) in [5.41, 5.74) is 23.6. The van der Waals surface area contributed by atoms with Gasteiger partial charge in [0, 0.05) is 34.2 Å². The van der Waals surface area contributed by atoms with E-state index in [9.17, 15) is 36.0 Å². The largest absolute Gasteiger partial charge is 0.466 e. The molecule has 4 aromatic carbocycles. The van der Waals surface area contributed by atoms with Gasteiger partial charge in [0.15, 0.2) is 31.7 Å². The van der Waals surface area contributed by atoms with Gasteiger partial charge in [-0.15, -0.1) is 0 Å². The molecule has 1 atom stereocenters. The molecule has 3 aliphatic rings. The smallest absolute Gasteiger partial charge is 0.336 e. The molecule has 364 valence electrons. The summed E-state index contributed by atoms with van der Waals surface area (Å²) in [6, 6.07) is 14.9. The lowest BCUT2D eigenvalue weighted by Gasteiger charge is -2.34. The summed E-state index contributed by atoms with van der Waals surface area (Å²) >= 11 is 0. The predicted octanol–water partition coefficient (Wildman–Crippen LogP) is 8.61. The Morgan fingerprint density at radius 2 is 1.12 bits per heavy atom. The number of allylic oxidation sites excluding steroid dienone is 3. The van der Waals surface area contributed by atoms with Gasteiger partial charge in [-0.05, 0) is 168 Å². The molecule has 3 heterocycles. The van der Waals surface area contributed by atoms with Crippen LogP contribution in [0.3, 0.4) is 0 Å². The van der Waals surface area contributed by atoms with Crippen LogP contribution in [-0.4, -0.2) is 72.3 Å². The molecule has 0 bridgehead atoms. The van der Waals surface area contributed by atoms with Crippen molar-refractivity contribution in [2.45, 2.75) is 102 Å². The standard InChI is InChI=1S/C27H31NO4S.C12H16O.C10H10O3S.C5H9NO2/c1-14-15(2)17(4)22(18(5)16(14)3)24-23(27(29)32-7)19(6)28-25-21-11-9-8-10-20(21)12-13-33(30,31)26(24)25;1-7-8(2)10(4)12(6-13)11(5)9(7)3;11-10-7-14(12,13)6-5-8-3-1-2-4-9(8)10;1-4(6)3-5(7)8-2/h8-11,24,28H,12-13H2,1-7H3;6H,1-5H3;1-4H,5-7H2;3H,6H2,1-2H3/b;;;4-3+. The molecule has 3 N–H and O–H groups in total. The Kier molecular flexibility index (Phi) is 17.9. The van der Waals surface area contributed by atoms with Gasteiger partial charge in [0.1, 0.15) is 5.75 Å². The number of sulfone groups is 2. The van der Waals surface area contributed by atoms with Gasteiger partial charge < -0.3 is 20.5 Å². The Bertz CT molecular complexity index is 2950. The van der Waals surface area contributed by atoms with Gasteiger partial charge in [-0.3, -0.25) is 9.59 Å². The number of nitrogens with one attached hydrogen (secondary N) is 1. The van der Waals surface area contributed by atoms with Crippen LogP contribution in [0.4, 0.5) is 0 Å². The number of carbonyl (C=O) groups is 4. The van der Waals surface area contributed by atoms with Crippen LogP contribution in [0.5, 0.6) is 0 Å². The molecule has 0 fully saturated rings. The van der Waals surface area contributed by atoms with Crippen molar-refractivity contribution in [1.29, 1.82) is 0 Å². The molecule has 3 aliphatic heterocycles. The zero-order valence-corrected chi connectivity index (χ0v) is 43.5. The lowest BCUT2D eigenvalue weighted by molar-refractivity contribution is -0.136. The highest BCUT2D eigenvalue weighted by atomic mass is 32.2. The minimum atomic E-state index is -3.68. The number of hydrogen-bond acceptors (Lipinski definition) is 12.